The number of ether oxygens (including phenoxy) is 1. The lowest BCUT2D eigenvalue weighted by atomic mass is 10.1. The van der Waals surface area contributed by atoms with E-state index in [0.717, 1.165) is 30.8 Å². The third-order valence-corrected chi connectivity index (χ3v) is 2.15. The number of hydrogen-bond acceptors (Lipinski definition) is 4. The molecule has 4 heteroatoms. The van der Waals surface area contributed by atoms with Gasteiger partial charge < -0.3 is 14.5 Å². The molecule has 0 unspecified atom stereocenters. The van der Waals surface area contributed by atoms with Crippen molar-refractivity contribution in [1.29, 1.82) is 0 Å². The summed E-state index contributed by atoms with van der Waals surface area (Å²) in [5, 5.41) is 3.13. The Bertz CT molecular complexity index is 330. The molecule has 0 spiro atoms. The number of aryl methyl sites for hydroxylation is 1. The van der Waals surface area contributed by atoms with Crippen molar-refractivity contribution in [2.75, 3.05) is 19.0 Å². The SMILES string of the molecule is COC(=O)c1coc2c1NCCC2. The topological polar surface area (TPSA) is 51.5 Å². The van der Waals surface area contributed by atoms with E-state index < -0.39 is 0 Å². The van der Waals surface area contributed by atoms with Crippen molar-refractivity contribution in [3.63, 3.8) is 0 Å². The van der Waals surface area contributed by atoms with Gasteiger partial charge in [0.2, 0.25) is 0 Å². The Morgan fingerprint density at radius 2 is 2.54 bits per heavy atom. The second-order valence-corrected chi connectivity index (χ2v) is 2.97. The number of nitrogens with one attached hydrogen (secondary N) is 1. The predicted octanol–water partition coefficient (Wildman–Crippen LogP) is 1.42. The summed E-state index contributed by atoms with van der Waals surface area (Å²) in [6, 6.07) is 0. The van der Waals surface area contributed by atoms with Crippen molar-refractivity contribution in [3.05, 3.63) is 17.6 Å². The van der Waals surface area contributed by atoms with Gasteiger partial charge in [-0.05, 0) is 6.42 Å². The van der Waals surface area contributed by atoms with Crippen LogP contribution >= 0.6 is 0 Å². The average molecular weight is 181 g/mol. The zero-order chi connectivity index (χ0) is 9.26. The standard InChI is InChI=1S/C9H11NO3/c1-12-9(11)6-5-13-7-3-2-4-10-8(6)7/h5,10H,2-4H2,1H3. The lowest BCUT2D eigenvalue weighted by molar-refractivity contribution is 0.0601. The second-order valence-electron chi connectivity index (χ2n) is 2.97. The number of methoxy groups -OCH3 is 1. The molecule has 1 aliphatic heterocycles. The number of carbonyl (C=O) groups excluding carboxylic acids is 1. The summed E-state index contributed by atoms with van der Waals surface area (Å²) >= 11 is 0. The molecule has 0 aliphatic carbocycles. The Balaban J connectivity index is 2.36. The molecule has 0 fully saturated rings. The summed E-state index contributed by atoms with van der Waals surface area (Å²) in [6.45, 7) is 0.885. The maximum absolute atomic E-state index is 11.2. The highest BCUT2D eigenvalue weighted by molar-refractivity contribution is 5.96. The first-order chi connectivity index (χ1) is 6.33. The van der Waals surface area contributed by atoms with Crippen LogP contribution in [0.5, 0.6) is 0 Å². The molecule has 2 rings (SSSR count). The molecule has 0 aromatic carbocycles. The third kappa shape index (κ3) is 1.28. The molecule has 0 amide bonds. The monoisotopic (exact) mass is 181 g/mol. The van der Waals surface area contributed by atoms with Crippen molar-refractivity contribution < 1.29 is 13.9 Å². The fourth-order valence-electron chi connectivity index (χ4n) is 1.50. The summed E-state index contributed by atoms with van der Waals surface area (Å²) in [5.74, 6) is 0.506. The number of furan rings is 1. The largest absolute Gasteiger partial charge is 0.466 e. The summed E-state index contributed by atoms with van der Waals surface area (Å²) in [4.78, 5) is 11.2. The molecular formula is C9H11NO3. The van der Waals surface area contributed by atoms with Crippen LogP contribution in [0.3, 0.4) is 0 Å². The van der Waals surface area contributed by atoms with Crippen LogP contribution in [-0.2, 0) is 11.2 Å². The van der Waals surface area contributed by atoms with E-state index in [9.17, 15) is 4.79 Å². The Labute approximate surface area is 75.9 Å². The van der Waals surface area contributed by atoms with Crippen LogP contribution < -0.4 is 5.32 Å². The van der Waals surface area contributed by atoms with E-state index >= 15 is 0 Å². The van der Waals surface area contributed by atoms with Gasteiger partial charge in [0.25, 0.3) is 0 Å². The van der Waals surface area contributed by atoms with E-state index in [1.165, 1.54) is 13.4 Å². The van der Waals surface area contributed by atoms with Gasteiger partial charge in [-0.3, -0.25) is 0 Å². The van der Waals surface area contributed by atoms with Gasteiger partial charge in [-0.2, -0.15) is 0 Å². The first-order valence-electron chi connectivity index (χ1n) is 4.25. The van der Waals surface area contributed by atoms with Crippen molar-refractivity contribution in [3.8, 4) is 0 Å². The van der Waals surface area contributed by atoms with Gasteiger partial charge >= 0.3 is 5.97 Å². The maximum Gasteiger partial charge on any atom is 0.343 e. The summed E-state index contributed by atoms with van der Waals surface area (Å²) < 4.78 is 9.87. The van der Waals surface area contributed by atoms with E-state index in [1.807, 2.05) is 0 Å². The zero-order valence-corrected chi connectivity index (χ0v) is 7.42. The quantitative estimate of drug-likeness (QED) is 0.666. The molecular weight excluding hydrogens is 170 g/mol. The van der Waals surface area contributed by atoms with Gasteiger partial charge in [0, 0.05) is 13.0 Å². The van der Waals surface area contributed by atoms with Crippen LogP contribution in [0.2, 0.25) is 0 Å². The van der Waals surface area contributed by atoms with Crippen molar-refractivity contribution in [1.82, 2.24) is 0 Å². The molecule has 70 valence electrons. The van der Waals surface area contributed by atoms with Gasteiger partial charge in [-0.1, -0.05) is 0 Å². The molecule has 4 nitrogen and oxygen atoms in total. The highest BCUT2D eigenvalue weighted by Gasteiger charge is 2.21. The van der Waals surface area contributed by atoms with Gasteiger partial charge in [-0.25, -0.2) is 4.79 Å². The molecule has 0 atom stereocenters. The van der Waals surface area contributed by atoms with Crippen molar-refractivity contribution in [2.24, 2.45) is 0 Å². The average Bonchev–Trinajstić information content (AvgIpc) is 2.60. The molecule has 0 saturated heterocycles. The van der Waals surface area contributed by atoms with Crippen LogP contribution in [0.25, 0.3) is 0 Å². The van der Waals surface area contributed by atoms with E-state index in [0.29, 0.717) is 5.56 Å². The van der Waals surface area contributed by atoms with Crippen molar-refractivity contribution in [2.45, 2.75) is 12.8 Å². The van der Waals surface area contributed by atoms with Crippen LogP contribution in [0.1, 0.15) is 22.5 Å². The minimum Gasteiger partial charge on any atom is -0.466 e. The van der Waals surface area contributed by atoms with Crippen molar-refractivity contribution >= 4 is 11.7 Å². The minimum atomic E-state index is -0.348. The predicted molar refractivity (Wildman–Crippen MR) is 46.9 cm³/mol. The molecule has 2 heterocycles. The molecule has 1 N–H and O–H groups in total. The fraction of sp³-hybridized carbons (Fsp3) is 0.444. The Morgan fingerprint density at radius 3 is 3.31 bits per heavy atom. The Morgan fingerprint density at radius 1 is 1.69 bits per heavy atom. The molecule has 0 saturated carbocycles. The van der Waals surface area contributed by atoms with Gasteiger partial charge in [0.1, 0.15) is 17.6 Å². The minimum absolute atomic E-state index is 0.348. The molecule has 1 aliphatic rings. The number of hydrogen-bond donors (Lipinski definition) is 1. The Kier molecular flexibility index (Phi) is 1.96. The summed E-state index contributed by atoms with van der Waals surface area (Å²) in [6.07, 6.45) is 3.38. The number of anilines is 1. The molecule has 13 heavy (non-hydrogen) atoms. The molecule has 0 radical (unpaired) electrons. The number of esters is 1. The second kappa shape index (κ2) is 3.12. The zero-order valence-electron chi connectivity index (χ0n) is 7.42. The van der Waals surface area contributed by atoms with Gasteiger partial charge in [0.05, 0.1) is 12.8 Å². The highest BCUT2D eigenvalue weighted by Crippen LogP contribution is 2.28. The molecule has 1 aromatic rings. The molecule has 0 bridgehead atoms. The molecule has 1 aromatic heterocycles. The summed E-state index contributed by atoms with van der Waals surface area (Å²) in [7, 11) is 1.37. The lowest BCUT2D eigenvalue weighted by Gasteiger charge is -2.12. The van der Waals surface area contributed by atoms with E-state index in [2.05, 4.69) is 10.1 Å². The smallest absolute Gasteiger partial charge is 0.343 e. The Hall–Kier alpha value is -1.45. The van der Waals surface area contributed by atoms with Crippen LogP contribution in [0.4, 0.5) is 5.69 Å². The highest BCUT2D eigenvalue weighted by atomic mass is 16.5. The normalized spacial score (nSPS) is 14.5. The lowest BCUT2D eigenvalue weighted by Crippen LogP contribution is -2.13. The van der Waals surface area contributed by atoms with E-state index in [1.54, 1.807) is 0 Å². The first kappa shape index (κ1) is 8.16. The van der Waals surface area contributed by atoms with Crippen LogP contribution in [0, 0.1) is 0 Å². The van der Waals surface area contributed by atoms with Gasteiger partial charge in [-0.15, -0.1) is 0 Å². The number of carbonyl (C=O) groups is 1. The van der Waals surface area contributed by atoms with E-state index in [4.69, 9.17) is 4.42 Å². The van der Waals surface area contributed by atoms with Gasteiger partial charge in [0.15, 0.2) is 0 Å². The van der Waals surface area contributed by atoms with E-state index in [-0.39, 0.29) is 5.97 Å². The maximum atomic E-state index is 11.2. The summed E-state index contributed by atoms with van der Waals surface area (Å²) in [5.41, 5.74) is 1.30. The van der Waals surface area contributed by atoms with Crippen LogP contribution in [0.15, 0.2) is 10.7 Å². The fourth-order valence-corrected chi connectivity index (χ4v) is 1.50. The van der Waals surface area contributed by atoms with Crippen LogP contribution in [-0.4, -0.2) is 19.6 Å². The third-order valence-electron chi connectivity index (χ3n) is 2.15. The number of fused-ring (bicyclic) bond motifs is 1. The number of rotatable bonds is 1. The first-order valence-corrected chi connectivity index (χ1v) is 4.25.